The Labute approximate surface area is 184 Å². The molecular formula is C25H34N2O4. The van der Waals surface area contributed by atoms with Crippen molar-refractivity contribution in [2.24, 2.45) is 5.92 Å². The number of fused-ring (bicyclic) bond motifs is 1. The number of hydrogen-bond donors (Lipinski definition) is 1. The van der Waals surface area contributed by atoms with Gasteiger partial charge in [0, 0.05) is 25.4 Å². The lowest BCUT2D eigenvalue weighted by atomic mass is 9.84. The van der Waals surface area contributed by atoms with Crippen LogP contribution in [0.4, 0.5) is 0 Å². The number of amides is 2. The van der Waals surface area contributed by atoms with Crippen LogP contribution in [-0.2, 0) is 9.59 Å². The number of nitrogens with one attached hydrogen (secondary N) is 1. The Bertz CT molecular complexity index is 874. The van der Waals surface area contributed by atoms with Gasteiger partial charge in [0.1, 0.15) is 17.4 Å². The first-order valence-corrected chi connectivity index (χ1v) is 11.7. The molecule has 2 amide bonds. The molecule has 1 aliphatic carbocycles. The molecule has 2 heterocycles. The Kier molecular flexibility index (Phi) is 6.09. The average Bonchev–Trinajstić information content (AvgIpc) is 2.89. The largest absolute Gasteiger partial charge is 0.486 e. The zero-order valence-electron chi connectivity index (χ0n) is 18.9. The van der Waals surface area contributed by atoms with Crippen LogP contribution in [0, 0.1) is 12.8 Å². The summed E-state index contributed by atoms with van der Waals surface area (Å²) in [4.78, 5) is 40.3. The molecule has 1 saturated carbocycles. The Morgan fingerprint density at radius 2 is 1.94 bits per heavy atom. The summed E-state index contributed by atoms with van der Waals surface area (Å²) in [6, 6.07) is 5.36. The van der Waals surface area contributed by atoms with Crippen molar-refractivity contribution < 1.29 is 19.1 Å². The molecule has 1 spiro atoms. The lowest BCUT2D eigenvalue weighted by Gasteiger charge is -2.37. The molecule has 1 aromatic rings. The Balaban J connectivity index is 1.42. The third-order valence-corrected chi connectivity index (χ3v) is 7.38. The quantitative estimate of drug-likeness (QED) is 0.798. The minimum absolute atomic E-state index is 0.0393. The van der Waals surface area contributed by atoms with Gasteiger partial charge in [0.2, 0.25) is 11.8 Å². The van der Waals surface area contributed by atoms with Crippen LogP contribution in [0.25, 0.3) is 0 Å². The van der Waals surface area contributed by atoms with Crippen molar-refractivity contribution in [3.8, 4) is 5.75 Å². The minimum Gasteiger partial charge on any atom is -0.486 e. The fraction of sp³-hybridized carbons (Fsp3) is 0.640. The second kappa shape index (κ2) is 8.64. The fourth-order valence-electron chi connectivity index (χ4n) is 5.22. The number of ketones is 1. The maximum atomic E-state index is 12.9. The number of ether oxygens (including phenoxy) is 1. The van der Waals surface area contributed by atoms with Gasteiger partial charge < -0.3 is 15.0 Å². The van der Waals surface area contributed by atoms with Gasteiger partial charge in [0.05, 0.1) is 12.0 Å². The van der Waals surface area contributed by atoms with Crippen molar-refractivity contribution in [3.63, 3.8) is 0 Å². The first-order valence-electron chi connectivity index (χ1n) is 11.7. The van der Waals surface area contributed by atoms with E-state index in [0.717, 1.165) is 37.2 Å². The molecule has 0 unspecified atom stereocenters. The number of carbonyl (C=O) groups excluding carboxylic acids is 3. The van der Waals surface area contributed by atoms with Crippen LogP contribution in [0.5, 0.6) is 5.75 Å². The number of Topliss-reactive ketones (excluding diaryl/α,β-unsaturated/α-hetero) is 1. The first-order chi connectivity index (χ1) is 14.8. The smallest absolute Gasteiger partial charge is 0.242 e. The van der Waals surface area contributed by atoms with Crippen LogP contribution in [-0.4, -0.2) is 46.7 Å². The van der Waals surface area contributed by atoms with Crippen LogP contribution in [0.2, 0.25) is 0 Å². The molecule has 1 N–H and O–H groups in total. The third-order valence-electron chi connectivity index (χ3n) is 7.38. The standard InChI is InChI=1S/C25H34N2O4/c1-16-4-7-19(8-5-16)26-24(30)18(3)27-13-12-25(11-10-23(27)29)15-21(28)20-14-17(2)6-9-22(20)31-25/h6,9,14,16,18-19H,4-5,7-8,10-13,15H2,1-3H3,(H,26,30)/t16?,18-,19?,25+/m1/s1. The van der Waals surface area contributed by atoms with E-state index >= 15 is 0 Å². The SMILES string of the molecule is Cc1ccc2c(c1)C(=O)C[C@@]1(CCC(=O)N([C@H](C)C(=O)NC3CCC(C)CC3)CC1)O2. The summed E-state index contributed by atoms with van der Waals surface area (Å²) in [6.07, 6.45) is 5.90. The lowest BCUT2D eigenvalue weighted by Crippen LogP contribution is -2.51. The molecule has 6 heteroatoms. The zero-order chi connectivity index (χ0) is 22.2. The van der Waals surface area contributed by atoms with Crippen LogP contribution >= 0.6 is 0 Å². The van der Waals surface area contributed by atoms with Gasteiger partial charge in [0.25, 0.3) is 0 Å². The van der Waals surface area contributed by atoms with Crippen molar-refractivity contribution >= 4 is 17.6 Å². The van der Waals surface area contributed by atoms with Crippen LogP contribution in [0.3, 0.4) is 0 Å². The molecular weight excluding hydrogens is 392 g/mol. The monoisotopic (exact) mass is 426 g/mol. The molecule has 1 aromatic carbocycles. The molecule has 0 bridgehead atoms. The summed E-state index contributed by atoms with van der Waals surface area (Å²) in [5.41, 5.74) is 0.994. The lowest BCUT2D eigenvalue weighted by molar-refractivity contribution is -0.139. The van der Waals surface area contributed by atoms with E-state index in [1.807, 2.05) is 32.0 Å². The first kappa shape index (κ1) is 21.8. The molecule has 168 valence electrons. The summed E-state index contributed by atoms with van der Waals surface area (Å²) in [7, 11) is 0. The normalized spacial score (nSPS) is 29.7. The Morgan fingerprint density at radius 3 is 2.68 bits per heavy atom. The van der Waals surface area contributed by atoms with Crippen LogP contribution in [0.1, 0.15) is 81.1 Å². The topological polar surface area (TPSA) is 75.7 Å². The number of rotatable bonds is 3. The molecule has 0 aromatic heterocycles. The highest BCUT2D eigenvalue weighted by molar-refractivity contribution is 6.00. The number of carbonyl (C=O) groups is 3. The maximum Gasteiger partial charge on any atom is 0.242 e. The predicted molar refractivity (Wildman–Crippen MR) is 118 cm³/mol. The van der Waals surface area contributed by atoms with E-state index in [9.17, 15) is 14.4 Å². The second-order valence-electron chi connectivity index (χ2n) is 9.86. The van der Waals surface area contributed by atoms with E-state index < -0.39 is 11.6 Å². The van der Waals surface area contributed by atoms with E-state index in [2.05, 4.69) is 12.2 Å². The van der Waals surface area contributed by atoms with Crippen molar-refractivity contribution in [1.29, 1.82) is 0 Å². The molecule has 6 nitrogen and oxygen atoms in total. The highest BCUT2D eigenvalue weighted by Crippen LogP contribution is 2.40. The highest BCUT2D eigenvalue weighted by Gasteiger charge is 2.44. The summed E-state index contributed by atoms with van der Waals surface area (Å²) in [5.74, 6) is 1.29. The van der Waals surface area contributed by atoms with Gasteiger partial charge in [0.15, 0.2) is 5.78 Å². The highest BCUT2D eigenvalue weighted by atomic mass is 16.5. The zero-order valence-corrected chi connectivity index (χ0v) is 18.9. The van der Waals surface area contributed by atoms with E-state index in [-0.39, 0.29) is 36.5 Å². The van der Waals surface area contributed by atoms with Gasteiger partial charge in [-0.05, 0) is 64.0 Å². The average molecular weight is 427 g/mol. The molecule has 4 rings (SSSR count). The fourth-order valence-corrected chi connectivity index (χ4v) is 5.22. The van der Waals surface area contributed by atoms with Crippen molar-refractivity contribution in [2.45, 2.75) is 89.8 Å². The Hall–Kier alpha value is -2.37. The minimum atomic E-state index is -0.667. The van der Waals surface area contributed by atoms with Gasteiger partial charge in [-0.25, -0.2) is 0 Å². The van der Waals surface area contributed by atoms with Crippen molar-refractivity contribution in [3.05, 3.63) is 29.3 Å². The number of nitrogens with zero attached hydrogens (tertiary/aromatic N) is 1. The molecule has 2 aliphatic heterocycles. The van der Waals surface area contributed by atoms with E-state index in [1.54, 1.807) is 4.90 Å². The van der Waals surface area contributed by atoms with Gasteiger partial charge in [-0.2, -0.15) is 0 Å². The van der Waals surface area contributed by atoms with Crippen molar-refractivity contribution in [1.82, 2.24) is 10.2 Å². The predicted octanol–water partition coefficient (Wildman–Crippen LogP) is 3.79. The number of hydrogen-bond acceptors (Lipinski definition) is 4. The summed E-state index contributed by atoms with van der Waals surface area (Å²) in [5, 5.41) is 3.16. The molecule has 0 radical (unpaired) electrons. The summed E-state index contributed by atoms with van der Waals surface area (Å²) in [6.45, 7) is 6.44. The van der Waals surface area contributed by atoms with E-state index in [1.165, 1.54) is 0 Å². The molecule has 2 atom stereocenters. The molecule has 2 fully saturated rings. The van der Waals surface area contributed by atoms with Gasteiger partial charge in [-0.3, -0.25) is 14.4 Å². The van der Waals surface area contributed by atoms with Gasteiger partial charge in [-0.1, -0.05) is 18.6 Å². The van der Waals surface area contributed by atoms with E-state index in [4.69, 9.17) is 4.74 Å². The van der Waals surface area contributed by atoms with Crippen LogP contribution in [0.15, 0.2) is 18.2 Å². The summed E-state index contributed by atoms with van der Waals surface area (Å²) < 4.78 is 6.33. The van der Waals surface area contributed by atoms with Gasteiger partial charge in [-0.15, -0.1) is 0 Å². The second-order valence-corrected chi connectivity index (χ2v) is 9.86. The van der Waals surface area contributed by atoms with Crippen LogP contribution < -0.4 is 10.1 Å². The number of aryl methyl sites for hydroxylation is 1. The number of benzene rings is 1. The summed E-state index contributed by atoms with van der Waals surface area (Å²) >= 11 is 0. The van der Waals surface area contributed by atoms with Crippen molar-refractivity contribution in [2.75, 3.05) is 6.54 Å². The maximum absolute atomic E-state index is 12.9. The van der Waals surface area contributed by atoms with E-state index in [0.29, 0.717) is 30.7 Å². The third kappa shape index (κ3) is 4.63. The van der Waals surface area contributed by atoms with Gasteiger partial charge >= 0.3 is 0 Å². The molecule has 3 aliphatic rings. The number of likely N-dealkylation sites (tertiary alicyclic amines) is 1. The molecule has 31 heavy (non-hydrogen) atoms. The molecule has 1 saturated heterocycles. The Morgan fingerprint density at radius 1 is 1.19 bits per heavy atom.